The highest BCUT2D eigenvalue weighted by molar-refractivity contribution is 5.74. The van der Waals surface area contributed by atoms with E-state index in [0.717, 1.165) is 0 Å². The summed E-state index contributed by atoms with van der Waals surface area (Å²) in [6.45, 7) is 0. The van der Waals surface area contributed by atoms with E-state index in [1.807, 2.05) is 5.92 Å². The van der Waals surface area contributed by atoms with Crippen LogP contribution in [0.4, 0.5) is 23.2 Å². The Morgan fingerprint density at radius 1 is 1.31 bits per heavy atom. The minimum absolute atomic E-state index is 0.119. The fraction of sp³-hybridized carbons (Fsp3) is 0.100. The highest BCUT2D eigenvalue weighted by atomic mass is 19.4. The number of halogens is 4. The molecule has 6 heteroatoms. The molecule has 0 fully saturated rings. The first-order valence-electron chi connectivity index (χ1n) is 3.97. The predicted octanol–water partition coefficient (Wildman–Crippen LogP) is 1.98. The van der Waals surface area contributed by atoms with E-state index in [4.69, 9.17) is 5.73 Å². The number of hydrogen-bond donors (Lipinski definition) is 1. The zero-order chi connectivity index (χ0) is 12.3. The van der Waals surface area contributed by atoms with Gasteiger partial charge in [-0.15, -0.1) is 0 Å². The molecule has 0 heterocycles. The molecule has 0 saturated carbocycles. The van der Waals surface area contributed by atoms with Gasteiger partial charge in [-0.1, -0.05) is 5.92 Å². The van der Waals surface area contributed by atoms with Crippen LogP contribution in [0.1, 0.15) is 11.1 Å². The number of carbonyl (C=O) groups excluding carboxylic acids is 1. The van der Waals surface area contributed by atoms with Crippen LogP contribution < -0.4 is 5.73 Å². The second-order valence-electron chi connectivity index (χ2n) is 2.80. The monoisotopic (exact) mass is 231 g/mol. The molecule has 0 radical (unpaired) electrons. The van der Waals surface area contributed by atoms with Crippen molar-refractivity contribution in [1.82, 2.24) is 0 Å². The molecule has 0 aliphatic rings. The van der Waals surface area contributed by atoms with Crippen LogP contribution >= 0.6 is 0 Å². The van der Waals surface area contributed by atoms with Crippen molar-refractivity contribution >= 4 is 12.0 Å². The van der Waals surface area contributed by atoms with Gasteiger partial charge in [0.2, 0.25) is 0 Å². The van der Waals surface area contributed by atoms with Crippen molar-refractivity contribution in [2.24, 2.45) is 0 Å². The Kier molecular flexibility index (Phi) is 3.18. The molecular formula is C10H5F4NO. The van der Waals surface area contributed by atoms with Crippen LogP contribution in [0.15, 0.2) is 12.1 Å². The minimum atomic E-state index is -4.70. The van der Waals surface area contributed by atoms with E-state index in [1.54, 1.807) is 5.92 Å². The lowest BCUT2D eigenvalue weighted by Gasteiger charge is -2.10. The normalized spacial score (nSPS) is 10.5. The van der Waals surface area contributed by atoms with Crippen molar-refractivity contribution in [3.8, 4) is 11.8 Å². The van der Waals surface area contributed by atoms with Gasteiger partial charge in [0.15, 0.2) is 6.29 Å². The molecule has 0 aromatic heterocycles. The molecular weight excluding hydrogens is 226 g/mol. The van der Waals surface area contributed by atoms with E-state index in [2.05, 4.69) is 0 Å². The maximum absolute atomic E-state index is 12.9. The molecule has 1 rings (SSSR count). The number of nitrogens with two attached hydrogens (primary N) is 1. The smallest absolute Gasteiger partial charge is 0.396 e. The lowest BCUT2D eigenvalue weighted by molar-refractivity contribution is -0.137. The van der Waals surface area contributed by atoms with Crippen molar-refractivity contribution < 1.29 is 22.4 Å². The Hall–Kier alpha value is -2.03. The second-order valence-corrected chi connectivity index (χ2v) is 2.80. The Morgan fingerprint density at radius 2 is 1.94 bits per heavy atom. The van der Waals surface area contributed by atoms with Crippen LogP contribution in [-0.2, 0) is 11.0 Å². The fourth-order valence-corrected chi connectivity index (χ4v) is 1.04. The van der Waals surface area contributed by atoms with Gasteiger partial charge in [0.1, 0.15) is 5.82 Å². The third-order valence-corrected chi connectivity index (χ3v) is 1.71. The summed E-state index contributed by atoms with van der Waals surface area (Å²) < 4.78 is 50.3. The Labute approximate surface area is 88.1 Å². The highest BCUT2D eigenvalue weighted by Crippen LogP contribution is 2.33. The van der Waals surface area contributed by atoms with Crippen LogP contribution in [0.25, 0.3) is 0 Å². The standard InChI is InChI=1S/C10H5F4NO/c11-8-4-6(2-1-3-16)7(5-9(8)15)10(12,13)14/h3-5H,15H2. The molecule has 0 saturated heterocycles. The molecule has 0 amide bonds. The van der Waals surface area contributed by atoms with Gasteiger partial charge < -0.3 is 5.73 Å². The van der Waals surface area contributed by atoms with Gasteiger partial charge in [-0.25, -0.2) is 4.39 Å². The quantitative estimate of drug-likeness (QED) is 0.321. The molecule has 84 valence electrons. The zero-order valence-corrected chi connectivity index (χ0v) is 7.73. The molecule has 0 bridgehead atoms. The largest absolute Gasteiger partial charge is 0.417 e. The highest BCUT2D eigenvalue weighted by Gasteiger charge is 2.34. The van der Waals surface area contributed by atoms with E-state index in [-0.39, 0.29) is 6.29 Å². The van der Waals surface area contributed by atoms with Gasteiger partial charge >= 0.3 is 6.18 Å². The number of benzene rings is 1. The first-order chi connectivity index (χ1) is 7.36. The number of hydrogen-bond acceptors (Lipinski definition) is 2. The van der Waals surface area contributed by atoms with Crippen molar-refractivity contribution in [2.75, 3.05) is 5.73 Å². The fourth-order valence-electron chi connectivity index (χ4n) is 1.04. The molecule has 2 N–H and O–H groups in total. The molecule has 0 aliphatic carbocycles. The summed E-state index contributed by atoms with van der Waals surface area (Å²) in [5, 5.41) is 0. The molecule has 0 atom stereocenters. The van der Waals surface area contributed by atoms with Crippen molar-refractivity contribution in [3.63, 3.8) is 0 Å². The molecule has 0 unspecified atom stereocenters. The summed E-state index contributed by atoms with van der Waals surface area (Å²) in [5.74, 6) is 2.68. The molecule has 1 aromatic carbocycles. The number of alkyl halides is 3. The Balaban J connectivity index is 3.45. The van der Waals surface area contributed by atoms with Gasteiger partial charge in [-0.3, -0.25) is 4.79 Å². The molecule has 1 aromatic rings. The molecule has 0 aliphatic heterocycles. The van der Waals surface area contributed by atoms with E-state index in [0.29, 0.717) is 12.1 Å². The molecule has 16 heavy (non-hydrogen) atoms. The first kappa shape index (κ1) is 12.0. The van der Waals surface area contributed by atoms with E-state index in [1.165, 1.54) is 0 Å². The van der Waals surface area contributed by atoms with E-state index in [9.17, 15) is 22.4 Å². The summed E-state index contributed by atoms with van der Waals surface area (Å²) in [4.78, 5) is 9.92. The number of nitrogen functional groups attached to an aromatic ring is 1. The van der Waals surface area contributed by atoms with Crippen molar-refractivity contribution in [2.45, 2.75) is 6.18 Å². The van der Waals surface area contributed by atoms with Crippen LogP contribution in [0, 0.1) is 17.7 Å². The van der Waals surface area contributed by atoms with Crippen LogP contribution in [-0.4, -0.2) is 6.29 Å². The zero-order valence-electron chi connectivity index (χ0n) is 7.73. The summed E-state index contributed by atoms with van der Waals surface area (Å²) in [7, 11) is 0. The number of carbonyl (C=O) groups is 1. The van der Waals surface area contributed by atoms with Gasteiger partial charge in [0, 0.05) is 5.56 Å². The van der Waals surface area contributed by atoms with Gasteiger partial charge in [-0.2, -0.15) is 13.2 Å². The van der Waals surface area contributed by atoms with Gasteiger partial charge in [0.05, 0.1) is 11.3 Å². The number of aldehydes is 1. The third kappa shape index (κ3) is 2.51. The summed E-state index contributed by atoms with van der Waals surface area (Å²) in [6.07, 6.45) is -4.58. The second kappa shape index (κ2) is 4.23. The van der Waals surface area contributed by atoms with Crippen LogP contribution in [0.2, 0.25) is 0 Å². The summed E-state index contributed by atoms with van der Waals surface area (Å²) in [5.41, 5.74) is 2.62. The van der Waals surface area contributed by atoms with E-state index < -0.39 is 28.8 Å². The van der Waals surface area contributed by atoms with Crippen molar-refractivity contribution in [1.29, 1.82) is 0 Å². The molecule has 0 spiro atoms. The van der Waals surface area contributed by atoms with Crippen molar-refractivity contribution in [3.05, 3.63) is 29.1 Å². The number of rotatable bonds is 0. The SMILES string of the molecule is Nc1cc(C(F)(F)F)c(C#CC=O)cc1F. The summed E-state index contributed by atoms with van der Waals surface area (Å²) in [6, 6.07) is 0.999. The van der Waals surface area contributed by atoms with Gasteiger partial charge in [-0.05, 0) is 18.1 Å². The topological polar surface area (TPSA) is 43.1 Å². The van der Waals surface area contributed by atoms with Crippen LogP contribution in [0.5, 0.6) is 0 Å². The van der Waals surface area contributed by atoms with E-state index >= 15 is 0 Å². The maximum atomic E-state index is 12.9. The minimum Gasteiger partial charge on any atom is -0.396 e. The van der Waals surface area contributed by atoms with Gasteiger partial charge in [0.25, 0.3) is 0 Å². The predicted molar refractivity (Wildman–Crippen MR) is 48.8 cm³/mol. The number of anilines is 1. The Bertz CT molecular complexity index is 482. The average Bonchev–Trinajstić information content (AvgIpc) is 2.17. The van der Waals surface area contributed by atoms with Crippen LogP contribution in [0.3, 0.4) is 0 Å². The maximum Gasteiger partial charge on any atom is 0.417 e. The third-order valence-electron chi connectivity index (χ3n) is 1.71. The lowest BCUT2D eigenvalue weighted by Crippen LogP contribution is -2.09. The summed E-state index contributed by atoms with van der Waals surface area (Å²) >= 11 is 0. The molecule has 2 nitrogen and oxygen atoms in total. The Morgan fingerprint density at radius 3 is 2.44 bits per heavy atom. The first-order valence-corrected chi connectivity index (χ1v) is 3.97. The lowest BCUT2D eigenvalue weighted by atomic mass is 10.1. The average molecular weight is 231 g/mol.